The molecule has 0 amide bonds. The van der Waals surface area contributed by atoms with Gasteiger partial charge in [-0.15, -0.1) is 0 Å². The van der Waals surface area contributed by atoms with Gasteiger partial charge in [0, 0.05) is 71.2 Å². The molecule has 37 heavy (non-hydrogen) atoms. The summed E-state index contributed by atoms with van der Waals surface area (Å²) in [6.07, 6.45) is -0.182. The number of nitrogens with zero attached hydrogens (tertiary/aromatic N) is 7. The molecule has 1 N–H and O–H groups in total. The first-order valence-electron chi connectivity index (χ1n) is 13.0. The summed E-state index contributed by atoms with van der Waals surface area (Å²) in [5, 5.41) is 9.29. The van der Waals surface area contributed by atoms with Gasteiger partial charge in [0.25, 0.3) is 0 Å². The Balaban J connectivity index is 1.34. The second kappa shape index (κ2) is 11.3. The predicted octanol–water partition coefficient (Wildman–Crippen LogP) is 2.65. The summed E-state index contributed by atoms with van der Waals surface area (Å²) in [6.45, 7) is 6.55. The number of hydrogen-bond donors (Lipinski definition) is 1. The lowest BCUT2D eigenvalue weighted by atomic mass is 9.94. The van der Waals surface area contributed by atoms with Gasteiger partial charge in [0.15, 0.2) is 0 Å². The highest BCUT2D eigenvalue weighted by molar-refractivity contribution is 5.57. The number of hydrogen-bond acceptors (Lipinski definition) is 9. The number of aliphatic hydroxyl groups excluding tert-OH is 1. The molecule has 3 aliphatic heterocycles. The molecule has 12 heteroatoms. The number of aliphatic hydroxyl groups is 1. The van der Waals surface area contributed by atoms with E-state index >= 15 is 0 Å². The van der Waals surface area contributed by atoms with Crippen LogP contribution in [0.15, 0.2) is 24.4 Å². The normalized spacial score (nSPS) is 20.0. The van der Waals surface area contributed by atoms with Gasteiger partial charge in [0.05, 0.1) is 18.8 Å². The monoisotopic (exact) mass is 521 g/mol. The van der Waals surface area contributed by atoms with E-state index in [9.17, 15) is 18.3 Å². The number of alkyl halides is 3. The summed E-state index contributed by atoms with van der Waals surface area (Å²) < 4.78 is 46.1. The van der Waals surface area contributed by atoms with Crippen LogP contribution in [0.2, 0.25) is 0 Å². The Hall–Kier alpha value is -2.86. The number of ether oxygens (including phenoxy) is 1. The summed E-state index contributed by atoms with van der Waals surface area (Å²) >= 11 is 0. The van der Waals surface area contributed by atoms with E-state index in [0.29, 0.717) is 51.3 Å². The second-order valence-corrected chi connectivity index (χ2v) is 9.77. The number of rotatable bonds is 6. The maximum atomic E-state index is 13.5. The molecule has 3 saturated heterocycles. The van der Waals surface area contributed by atoms with Crippen molar-refractivity contribution in [3.63, 3.8) is 0 Å². The molecule has 202 valence electrons. The molecule has 3 aliphatic rings. The fraction of sp³-hybridized carbons (Fsp3) is 0.640. The van der Waals surface area contributed by atoms with E-state index in [4.69, 9.17) is 14.7 Å². The Kier molecular flexibility index (Phi) is 7.84. The zero-order chi connectivity index (χ0) is 25.8. The first-order chi connectivity index (χ1) is 17.9. The number of anilines is 4. The summed E-state index contributed by atoms with van der Waals surface area (Å²) in [5.74, 6) is 2.85. The van der Waals surface area contributed by atoms with Gasteiger partial charge in [0.1, 0.15) is 17.5 Å². The maximum absolute atomic E-state index is 13.5. The minimum atomic E-state index is -4.44. The van der Waals surface area contributed by atoms with Crippen LogP contribution in [0.3, 0.4) is 0 Å². The lowest BCUT2D eigenvalue weighted by molar-refractivity contribution is -0.137. The third-order valence-electron chi connectivity index (χ3n) is 7.45. The van der Waals surface area contributed by atoms with E-state index in [1.54, 1.807) is 4.90 Å². The van der Waals surface area contributed by atoms with Crippen LogP contribution >= 0.6 is 0 Å². The summed E-state index contributed by atoms with van der Waals surface area (Å²) in [6, 6.07) is 4.42. The zero-order valence-corrected chi connectivity index (χ0v) is 20.9. The number of morpholine rings is 1. The molecule has 9 nitrogen and oxygen atoms in total. The first-order valence-corrected chi connectivity index (χ1v) is 13.0. The number of halogens is 3. The highest BCUT2D eigenvalue weighted by Crippen LogP contribution is 2.36. The van der Waals surface area contributed by atoms with Gasteiger partial charge in [-0.2, -0.15) is 23.1 Å². The quantitative estimate of drug-likeness (QED) is 0.617. The van der Waals surface area contributed by atoms with Crippen LogP contribution in [-0.4, -0.2) is 92.2 Å². The molecular weight excluding hydrogens is 487 g/mol. The van der Waals surface area contributed by atoms with Gasteiger partial charge >= 0.3 is 6.18 Å². The van der Waals surface area contributed by atoms with Crippen LogP contribution in [-0.2, 0) is 10.9 Å². The minimum Gasteiger partial charge on any atom is -0.396 e. The molecule has 3 fully saturated rings. The van der Waals surface area contributed by atoms with Crippen molar-refractivity contribution in [3.05, 3.63) is 30.0 Å². The molecular formula is C25H34F3N7O2. The standard InChI is InChI=1S/C25H34F3N7O2/c26-25(27,28)20-2-1-6-29-23(20)34-11-9-33(10-12-34)22-18-21(32-7-3-19(4-8-32)5-15-36)30-24(31-22)35-13-16-37-17-14-35/h1-2,6,18-19,36H,3-5,7-17H2. The SMILES string of the molecule is OCCC1CCN(c2cc(N3CCN(c4ncccc4C(F)(F)F)CC3)nc(N3CCOCC3)n2)CC1. The van der Waals surface area contributed by atoms with Crippen LogP contribution in [0.4, 0.5) is 36.6 Å². The molecule has 0 spiro atoms. The van der Waals surface area contributed by atoms with Crippen LogP contribution < -0.4 is 19.6 Å². The van der Waals surface area contributed by atoms with Crippen molar-refractivity contribution < 1.29 is 23.0 Å². The van der Waals surface area contributed by atoms with Crippen molar-refractivity contribution in [1.82, 2.24) is 15.0 Å². The molecule has 2 aromatic rings. The molecule has 2 aromatic heterocycles. The largest absolute Gasteiger partial charge is 0.419 e. The Bertz CT molecular complexity index is 1040. The van der Waals surface area contributed by atoms with Gasteiger partial charge in [-0.1, -0.05) is 0 Å². The Morgan fingerprint density at radius 1 is 0.865 bits per heavy atom. The topological polar surface area (TPSA) is 81.1 Å². The lowest BCUT2D eigenvalue weighted by Crippen LogP contribution is -2.48. The maximum Gasteiger partial charge on any atom is 0.419 e. The van der Waals surface area contributed by atoms with Crippen molar-refractivity contribution in [2.45, 2.75) is 25.4 Å². The van der Waals surface area contributed by atoms with Crippen LogP contribution in [0.1, 0.15) is 24.8 Å². The van der Waals surface area contributed by atoms with Gasteiger partial charge < -0.3 is 29.4 Å². The fourth-order valence-electron chi connectivity index (χ4n) is 5.29. The van der Waals surface area contributed by atoms with Crippen molar-refractivity contribution in [2.24, 2.45) is 5.92 Å². The predicted molar refractivity (Wildman–Crippen MR) is 135 cm³/mol. The molecule has 0 aromatic carbocycles. The van der Waals surface area contributed by atoms with Crippen molar-refractivity contribution >= 4 is 23.4 Å². The molecule has 0 saturated carbocycles. The highest BCUT2D eigenvalue weighted by Gasteiger charge is 2.36. The number of pyridine rings is 1. The highest BCUT2D eigenvalue weighted by atomic mass is 19.4. The van der Waals surface area contributed by atoms with E-state index in [1.165, 1.54) is 12.3 Å². The van der Waals surface area contributed by atoms with Crippen LogP contribution in [0.5, 0.6) is 0 Å². The Labute approximate surface area is 214 Å². The summed E-state index contributed by atoms with van der Waals surface area (Å²) in [5.41, 5.74) is -0.702. The van der Waals surface area contributed by atoms with Gasteiger partial charge in [-0.25, -0.2) is 4.98 Å². The minimum absolute atomic E-state index is 0.0159. The third kappa shape index (κ3) is 6.01. The Morgan fingerprint density at radius 2 is 1.49 bits per heavy atom. The van der Waals surface area contributed by atoms with Gasteiger partial charge in [-0.05, 0) is 37.3 Å². The smallest absolute Gasteiger partial charge is 0.396 e. The summed E-state index contributed by atoms with van der Waals surface area (Å²) in [4.78, 5) is 22.1. The van der Waals surface area contributed by atoms with Crippen molar-refractivity contribution in [3.8, 4) is 0 Å². The number of piperidine rings is 1. The zero-order valence-electron chi connectivity index (χ0n) is 20.9. The number of aromatic nitrogens is 3. The van der Waals surface area contributed by atoms with Gasteiger partial charge in [-0.3, -0.25) is 0 Å². The second-order valence-electron chi connectivity index (χ2n) is 9.77. The van der Waals surface area contributed by atoms with Crippen LogP contribution in [0.25, 0.3) is 0 Å². The molecule has 0 atom stereocenters. The van der Waals surface area contributed by atoms with Crippen molar-refractivity contribution in [2.75, 3.05) is 91.8 Å². The van der Waals surface area contributed by atoms with E-state index < -0.39 is 11.7 Å². The molecule has 0 aliphatic carbocycles. The van der Waals surface area contributed by atoms with Crippen LogP contribution in [0, 0.1) is 5.92 Å². The molecule has 5 rings (SSSR count). The fourth-order valence-corrected chi connectivity index (χ4v) is 5.29. The molecule has 0 bridgehead atoms. The van der Waals surface area contributed by atoms with E-state index in [-0.39, 0.29) is 12.4 Å². The van der Waals surface area contributed by atoms with E-state index in [1.807, 2.05) is 6.07 Å². The van der Waals surface area contributed by atoms with E-state index in [0.717, 1.165) is 63.1 Å². The molecule has 5 heterocycles. The van der Waals surface area contributed by atoms with Crippen molar-refractivity contribution in [1.29, 1.82) is 0 Å². The van der Waals surface area contributed by atoms with E-state index in [2.05, 4.69) is 19.7 Å². The molecule has 0 unspecified atom stereocenters. The average molecular weight is 522 g/mol. The molecule has 0 radical (unpaired) electrons. The first kappa shape index (κ1) is 25.8. The van der Waals surface area contributed by atoms with Gasteiger partial charge in [0.2, 0.25) is 5.95 Å². The average Bonchev–Trinajstić information content (AvgIpc) is 2.93. The summed E-state index contributed by atoms with van der Waals surface area (Å²) in [7, 11) is 0. The Morgan fingerprint density at radius 3 is 2.11 bits per heavy atom. The lowest BCUT2D eigenvalue weighted by Gasteiger charge is -2.38. The number of piperazine rings is 1. The third-order valence-corrected chi connectivity index (χ3v) is 7.45.